The van der Waals surface area contributed by atoms with Gasteiger partial charge < -0.3 is 24.8 Å². The third-order valence-corrected chi connectivity index (χ3v) is 8.71. The summed E-state index contributed by atoms with van der Waals surface area (Å²) >= 11 is 1.69. The Bertz CT molecular complexity index is 1090. The average molecular weight is 643 g/mol. The molecule has 0 unspecified atom stereocenters. The summed E-state index contributed by atoms with van der Waals surface area (Å²) < 4.78 is 1.80. The van der Waals surface area contributed by atoms with Crippen LogP contribution in [0.2, 0.25) is 0 Å². The number of fused-ring (bicyclic) bond motifs is 3. The maximum absolute atomic E-state index is 3.67. The van der Waals surface area contributed by atoms with Crippen LogP contribution in [0.3, 0.4) is 0 Å². The van der Waals surface area contributed by atoms with Crippen LogP contribution in [0.5, 0.6) is 0 Å². The molecule has 2 aromatic carbocycles. The molecule has 5 rings (SSSR count). The van der Waals surface area contributed by atoms with E-state index in [-0.39, 0.29) is 35.6 Å². The zero-order valence-electron chi connectivity index (χ0n) is 25.7. The van der Waals surface area contributed by atoms with Gasteiger partial charge in [0.15, 0.2) is 0 Å². The first kappa shape index (κ1) is 36.3. The van der Waals surface area contributed by atoms with Gasteiger partial charge in [0.1, 0.15) is 0 Å². The van der Waals surface area contributed by atoms with Crippen molar-refractivity contribution in [1.29, 1.82) is 0 Å². The monoisotopic (exact) mass is 640 g/mol. The quantitative estimate of drug-likeness (QED) is 0.325. The predicted molar refractivity (Wildman–Crippen MR) is 159 cm³/mol. The Hall–Kier alpha value is -0.747. The molecule has 0 atom stereocenters. The maximum atomic E-state index is 3.67. The zero-order valence-corrected chi connectivity index (χ0v) is 29.7. The Morgan fingerprint density at radius 1 is 0.718 bits per heavy atom. The molecule has 3 heteroatoms. The molecule has 0 spiro atoms. The molecule has 39 heavy (non-hydrogen) atoms. The van der Waals surface area contributed by atoms with E-state index in [4.69, 9.17) is 0 Å². The predicted octanol–water partition coefficient (Wildman–Crippen LogP) is 4.05. The van der Waals surface area contributed by atoms with Crippen LogP contribution in [-0.2, 0) is 41.5 Å². The van der Waals surface area contributed by atoms with E-state index in [0.29, 0.717) is 5.41 Å². The Morgan fingerprint density at radius 2 is 1.33 bits per heavy atom. The summed E-state index contributed by atoms with van der Waals surface area (Å²) in [6.45, 7) is 20.3. The second-order valence-corrected chi connectivity index (χ2v) is 15.7. The number of hydrogen-bond donors (Lipinski definition) is 0. The molecule has 1 fully saturated rings. The van der Waals surface area contributed by atoms with E-state index < -0.39 is 0 Å². The van der Waals surface area contributed by atoms with Gasteiger partial charge in [-0.1, -0.05) is 91.5 Å². The molecule has 0 N–H and O–H groups in total. The van der Waals surface area contributed by atoms with Crippen molar-refractivity contribution in [3.8, 4) is 11.1 Å². The van der Waals surface area contributed by atoms with Crippen LogP contribution in [0.4, 0.5) is 0 Å². The van der Waals surface area contributed by atoms with Gasteiger partial charge in [-0.25, -0.2) is 6.08 Å². The van der Waals surface area contributed by atoms with Gasteiger partial charge in [-0.15, -0.1) is 17.5 Å². The Morgan fingerprint density at radius 3 is 1.77 bits per heavy atom. The van der Waals surface area contributed by atoms with Crippen LogP contribution in [-0.4, -0.2) is 3.21 Å². The summed E-state index contributed by atoms with van der Waals surface area (Å²) in [4.78, 5) is 0. The number of halogens is 2. The number of rotatable bonds is 0. The van der Waals surface area contributed by atoms with E-state index in [1.54, 1.807) is 27.4 Å². The zero-order chi connectivity index (χ0) is 27.4. The van der Waals surface area contributed by atoms with Crippen LogP contribution >= 0.6 is 0 Å². The van der Waals surface area contributed by atoms with E-state index in [2.05, 4.69) is 117 Å². The standard InChI is InChI=1S/C21H25.C9H13.C6H10.2ClH.Zr/c1-20(2,3)16-7-9-18-14(12-16)11-15-13-17(21(4,5)6)8-10-19(15)18;1-9(2,3)8-6-4-5-7-8;1-2-4-6-5-3-1;;;/h7-10,12H,11H2,1-6H3;6-7H,4H2,1-3H3;1-5H2;2*1H;/q2*-1;;;;+2/p-2. The molecule has 0 aliphatic heterocycles. The second kappa shape index (κ2) is 14.9. The molecule has 0 radical (unpaired) electrons. The van der Waals surface area contributed by atoms with Crippen molar-refractivity contribution in [2.75, 3.05) is 0 Å². The van der Waals surface area contributed by atoms with E-state index in [0.717, 1.165) is 12.8 Å². The number of benzene rings is 2. The minimum absolute atomic E-state index is 0. The summed E-state index contributed by atoms with van der Waals surface area (Å²) in [6, 6.07) is 15.2. The molecule has 0 nitrogen and oxygen atoms in total. The molecule has 0 bridgehead atoms. The topological polar surface area (TPSA) is 0 Å². The molecule has 0 aromatic heterocycles. The van der Waals surface area contributed by atoms with Crippen LogP contribution < -0.4 is 24.8 Å². The van der Waals surface area contributed by atoms with Gasteiger partial charge in [0, 0.05) is 0 Å². The van der Waals surface area contributed by atoms with Gasteiger partial charge in [-0.2, -0.15) is 35.4 Å². The van der Waals surface area contributed by atoms with Crippen LogP contribution in [0.15, 0.2) is 48.1 Å². The van der Waals surface area contributed by atoms with Crippen LogP contribution in [0.25, 0.3) is 11.1 Å². The Labute approximate surface area is 267 Å². The van der Waals surface area contributed by atoms with Crippen molar-refractivity contribution < 1.29 is 49.0 Å². The van der Waals surface area contributed by atoms with Crippen molar-refractivity contribution in [2.24, 2.45) is 5.41 Å². The second-order valence-electron chi connectivity index (χ2n) is 13.9. The van der Waals surface area contributed by atoms with Crippen molar-refractivity contribution in [3.63, 3.8) is 0 Å². The molecule has 0 saturated heterocycles. The van der Waals surface area contributed by atoms with Gasteiger partial charge in [-0.05, 0) is 28.4 Å². The summed E-state index contributed by atoms with van der Waals surface area (Å²) in [6.07, 6.45) is 16.8. The normalized spacial score (nSPS) is 15.9. The first-order valence-corrected chi connectivity index (χ1v) is 15.4. The summed E-state index contributed by atoms with van der Waals surface area (Å²) in [5.74, 6) is 0. The summed E-state index contributed by atoms with van der Waals surface area (Å²) in [5, 5.41) is 0. The Balaban J connectivity index is 0.000000350. The summed E-state index contributed by atoms with van der Waals surface area (Å²) in [5.41, 5.74) is 10.4. The number of allylic oxidation sites excluding steroid dienone is 4. The molecule has 0 heterocycles. The average Bonchev–Trinajstić information content (AvgIpc) is 3.47. The van der Waals surface area contributed by atoms with Gasteiger partial charge in [0.25, 0.3) is 0 Å². The molecule has 1 saturated carbocycles. The third kappa shape index (κ3) is 10.5. The molecular formula is C36H48Cl2Zr-2. The molecular weight excluding hydrogens is 595 g/mol. The Kier molecular flexibility index (Phi) is 13.9. The van der Waals surface area contributed by atoms with Gasteiger partial charge in [-0.3, -0.25) is 6.08 Å². The minimum atomic E-state index is 0. The van der Waals surface area contributed by atoms with E-state index >= 15 is 0 Å². The van der Waals surface area contributed by atoms with Crippen molar-refractivity contribution in [1.82, 2.24) is 0 Å². The SMILES string of the molecule is CC(C)(C)C1=CC[C-]=C1.CC(C)(C)c1[c-]c2c(cc1)-c1ccc(C(C)(C)C)cc1C2.[Cl-].[Cl-].[Zr+2]=[C]1CCCCC1. The van der Waals surface area contributed by atoms with Crippen molar-refractivity contribution in [2.45, 2.75) is 118 Å². The van der Waals surface area contributed by atoms with Crippen LogP contribution in [0, 0.1) is 17.6 Å². The van der Waals surface area contributed by atoms with Crippen molar-refractivity contribution >= 4 is 3.21 Å². The van der Waals surface area contributed by atoms with Gasteiger partial charge in [0.2, 0.25) is 0 Å². The molecule has 3 aliphatic carbocycles. The van der Waals surface area contributed by atoms with E-state index in [1.165, 1.54) is 71.1 Å². The fourth-order valence-electron chi connectivity index (χ4n) is 4.93. The molecule has 0 amide bonds. The first-order valence-electron chi connectivity index (χ1n) is 14.2. The molecule has 2 aromatic rings. The third-order valence-electron chi connectivity index (χ3n) is 7.48. The van der Waals surface area contributed by atoms with E-state index in [1.807, 2.05) is 0 Å². The number of hydrogen-bond acceptors (Lipinski definition) is 0. The van der Waals surface area contributed by atoms with E-state index in [9.17, 15) is 0 Å². The first-order chi connectivity index (χ1) is 17.2. The summed E-state index contributed by atoms with van der Waals surface area (Å²) in [7, 11) is 0. The van der Waals surface area contributed by atoms with Gasteiger partial charge >= 0.3 is 59.5 Å². The molecule has 3 aliphatic rings. The fourth-order valence-corrected chi connectivity index (χ4v) is 5.79. The fraction of sp³-hybridized carbons (Fsp3) is 0.528. The van der Waals surface area contributed by atoms with Crippen LogP contribution in [0.1, 0.15) is 123 Å². The van der Waals surface area contributed by atoms with Crippen molar-refractivity contribution in [3.05, 3.63) is 82.5 Å². The molecule has 212 valence electrons. The van der Waals surface area contributed by atoms with Gasteiger partial charge in [0.05, 0.1) is 0 Å².